The van der Waals surface area contributed by atoms with E-state index < -0.39 is 11.8 Å². The molecule has 1 heterocycles. The summed E-state index contributed by atoms with van der Waals surface area (Å²) < 4.78 is 0. The van der Waals surface area contributed by atoms with Crippen LogP contribution in [0.2, 0.25) is 0 Å². The molecule has 1 aliphatic rings. The summed E-state index contributed by atoms with van der Waals surface area (Å²) in [6.45, 7) is 3.33. The molecule has 0 radical (unpaired) electrons. The van der Waals surface area contributed by atoms with Gasteiger partial charge in [-0.3, -0.25) is 19.3 Å². The third kappa shape index (κ3) is 6.74. The van der Waals surface area contributed by atoms with E-state index in [1.165, 1.54) is 18.1 Å². The van der Waals surface area contributed by atoms with Gasteiger partial charge in [-0.05, 0) is 53.4 Å². The van der Waals surface area contributed by atoms with E-state index in [4.69, 9.17) is 0 Å². The minimum atomic E-state index is -0.759. The maximum absolute atomic E-state index is 12.8. The van der Waals surface area contributed by atoms with Crippen molar-refractivity contribution in [3.05, 3.63) is 89.5 Å². The molecule has 0 aromatic heterocycles. The van der Waals surface area contributed by atoms with Gasteiger partial charge in [0.1, 0.15) is 0 Å². The van der Waals surface area contributed by atoms with Gasteiger partial charge in [0.15, 0.2) is 0 Å². The van der Waals surface area contributed by atoms with Crippen molar-refractivity contribution >= 4 is 34.8 Å². The predicted molar refractivity (Wildman–Crippen MR) is 146 cm³/mol. The van der Waals surface area contributed by atoms with Crippen LogP contribution in [0.4, 0.5) is 17.1 Å². The van der Waals surface area contributed by atoms with Gasteiger partial charge in [-0.25, -0.2) is 0 Å². The van der Waals surface area contributed by atoms with Crippen LogP contribution in [0.5, 0.6) is 0 Å². The molecule has 1 unspecified atom stereocenters. The van der Waals surface area contributed by atoms with Crippen LogP contribution in [0.25, 0.3) is 0 Å². The Morgan fingerprint density at radius 3 is 2.22 bits per heavy atom. The lowest BCUT2D eigenvalue weighted by molar-refractivity contribution is -0.136. The first kappa shape index (κ1) is 25.9. The van der Waals surface area contributed by atoms with Crippen LogP contribution in [0, 0.1) is 0 Å². The number of carbonyl (C=O) groups is 3. The van der Waals surface area contributed by atoms with Crippen LogP contribution in [0.15, 0.2) is 72.8 Å². The summed E-state index contributed by atoms with van der Waals surface area (Å²) in [4.78, 5) is 41.1. The Kier molecular flexibility index (Phi) is 8.20. The average Bonchev–Trinajstić information content (AvgIpc) is 2.88. The minimum absolute atomic E-state index is 0.0931. The molecule has 3 amide bonds. The fourth-order valence-corrected chi connectivity index (χ4v) is 4.57. The van der Waals surface area contributed by atoms with Crippen LogP contribution in [0.1, 0.15) is 29.7 Å². The standard InChI is InChI=1S/C29H33N5O3/c1-20(35)31-24-9-6-10-25(17-24)32-29(37)28(36)30-18-27(22-11-13-26(14-12-22)33(2)3)34-16-15-21-7-4-5-8-23(21)19-34/h4-14,17,27H,15-16,18-19H2,1-3H3,(H,30,36)(H,31,35)(H,32,37). The maximum atomic E-state index is 12.8. The predicted octanol–water partition coefficient (Wildman–Crippen LogP) is 3.57. The number of carbonyl (C=O) groups excluding carboxylic acids is 3. The number of rotatable bonds is 7. The van der Waals surface area contributed by atoms with Crippen LogP contribution in [-0.4, -0.2) is 49.8 Å². The largest absolute Gasteiger partial charge is 0.378 e. The van der Waals surface area contributed by atoms with E-state index in [1.807, 2.05) is 19.0 Å². The zero-order valence-corrected chi connectivity index (χ0v) is 21.5. The lowest BCUT2D eigenvalue weighted by Gasteiger charge is -2.36. The van der Waals surface area contributed by atoms with Crippen molar-refractivity contribution in [3.63, 3.8) is 0 Å². The van der Waals surface area contributed by atoms with Gasteiger partial charge in [0, 0.05) is 57.7 Å². The summed E-state index contributed by atoms with van der Waals surface area (Å²) in [6.07, 6.45) is 0.932. The van der Waals surface area contributed by atoms with Crippen LogP contribution in [0.3, 0.4) is 0 Å². The second kappa shape index (κ2) is 11.7. The maximum Gasteiger partial charge on any atom is 0.313 e. The van der Waals surface area contributed by atoms with Gasteiger partial charge < -0.3 is 20.9 Å². The molecule has 1 aliphatic heterocycles. The van der Waals surface area contributed by atoms with Gasteiger partial charge in [-0.2, -0.15) is 0 Å². The number of nitrogens with one attached hydrogen (secondary N) is 3. The first-order chi connectivity index (χ1) is 17.8. The lowest BCUT2D eigenvalue weighted by atomic mass is 9.96. The average molecular weight is 500 g/mol. The second-order valence-electron chi connectivity index (χ2n) is 9.42. The summed E-state index contributed by atoms with van der Waals surface area (Å²) in [7, 11) is 4.00. The lowest BCUT2D eigenvalue weighted by Crippen LogP contribution is -2.43. The Bertz CT molecular complexity index is 1270. The molecule has 37 heavy (non-hydrogen) atoms. The summed E-state index contributed by atoms with van der Waals surface area (Å²) in [5.41, 5.74) is 5.77. The fraction of sp³-hybridized carbons (Fsp3) is 0.276. The number of amides is 3. The molecule has 0 saturated heterocycles. The second-order valence-corrected chi connectivity index (χ2v) is 9.42. The summed E-state index contributed by atoms with van der Waals surface area (Å²) in [6, 6.07) is 23.3. The van der Waals surface area contributed by atoms with E-state index in [1.54, 1.807) is 24.3 Å². The van der Waals surface area contributed by atoms with Crippen molar-refractivity contribution in [2.75, 3.05) is 42.7 Å². The number of fused-ring (bicyclic) bond motifs is 1. The third-order valence-electron chi connectivity index (χ3n) is 6.50. The highest BCUT2D eigenvalue weighted by Crippen LogP contribution is 2.28. The number of anilines is 3. The van der Waals surface area contributed by atoms with E-state index in [0.717, 1.165) is 30.8 Å². The van der Waals surface area contributed by atoms with Crippen molar-refractivity contribution < 1.29 is 14.4 Å². The first-order valence-corrected chi connectivity index (χ1v) is 12.3. The zero-order chi connectivity index (χ0) is 26.4. The Labute approximate surface area is 217 Å². The van der Waals surface area contributed by atoms with Gasteiger partial charge in [0.25, 0.3) is 0 Å². The monoisotopic (exact) mass is 499 g/mol. The van der Waals surface area contributed by atoms with Crippen molar-refractivity contribution in [2.45, 2.75) is 25.9 Å². The van der Waals surface area contributed by atoms with E-state index in [9.17, 15) is 14.4 Å². The van der Waals surface area contributed by atoms with Crippen LogP contribution in [-0.2, 0) is 27.3 Å². The molecule has 8 heteroatoms. The normalized spacial score (nSPS) is 13.7. The van der Waals surface area contributed by atoms with Crippen molar-refractivity contribution in [1.82, 2.24) is 10.2 Å². The van der Waals surface area contributed by atoms with Crippen LogP contribution < -0.4 is 20.9 Å². The molecule has 192 valence electrons. The SMILES string of the molecule is CC(=O)Nc1cccc(NC(=O)C(=O)NCC(c2ccc(N(C)C)cc2)N2CCc3ccccc3C2)c1. The Morgan fingerprint density at radius 2 is 1.54 bits per heavy atom. The fourth-order valence-electron chi connectivity index (χ4n) is 4.57. The molecule has 0 bridgehead atoms. The Hall–Kier alpha value is -4.17. The quantitative estimate of drug-likeness (QED) is 0.432. The molecule has 3 N–H and O–H groups in total. The molecule has 8 nitrogen and oxygen atoms in total. The Balaban J connectivity index is 1.46. The number of nitrogens with zero attached hydrogens (tertiary/aromatic N) is 2. The van der Waals surface area contributed by atoms with E-state index in [2.05, 4.69) is 69.4 Å². The van der Waals surface area contributed by atoms with E-state index >= 15 is 0 Å². The number of hydrogen-bond acceptors (Lipinski definition) is 5. The summed E-state index contributed by atoms with van der Waals surface area (Å²) in [5, 5.41) is 8.10. The van der Waals surface area contributed by atoms with Crippen molar-refractivity contribution in [3.8, 4) is 0 Å². The molecule has 3 aromatic carbocycles. The summed E-state index contributed by atoms with van der Waals surface area (Å²) >= 11 is 0. The summed E-state index contributed by atoms with van der Waals surface area (Å²) in [5.74, 6) is -1.69. The van der Waals surface area contributed by atoms with Gasteiger partial charge in [-0.15, -0.1) is 0 Å². The number of hydrogen-bond donors (Lipinski definition) is 3. The molecule has 0 spiro atoms. The molecule has 4 rings (SSSR count). The molecule has 3 aromatic rings. The highest BCUT2D eigenvalue weighted by Gasteiger charge is 2.26. The van der Waals surface area contributed by atoms with Gasteiger partial charge in [0.2, 0.25) is 5.91 Å². The highest BCUT2D eigenvalue weighted by atomic mass is 16.2. The first-order valence-electron chi connectivity index (χ1n) is 12.3. The topological polar surface area (TPSA) is 93.8 Å². The van der Waals surface area contributed by atoms with Crippen LogP contribution >= 0.6 is 0 Å². The molecular weight excluding hydrogens is 466 g/mol. The zero-order valence-electron chi connectivity index (χ0n) is 21.5. The molecular formula is C29H33N5O3. The highest BCUT2D eigenvalue weighted by molar-refractivity contribution is 6.39. The molecule has 0 aliphatic carbocycles. The Morgan fingerprint density at radius 1 is 0.865 bits per heavy atom. The molecule has 1 atom stereocenters. The van der Waals surface area contributed by atoms with E-state index in [-0.39, 0.29) is 11.9 Å². The van der Waals surface area contributed by atoms with Crippen molar-refractivity contribution in [2.24, 2.45) is 0 Å². The third-order valence-corrected chi connectivity index (χ3v) is 6.50. The molecule has 0 saturated carbocycles. The smallest absolute Gasteiger partial charge is 0.313 e. The van der Waals surface area contributed by atoms with E-state index in [0.29, 0.717) is 17.9 Å². The van der Waals surface area contributed by atoms with Gasteiger partial charge in [-0.1, -0.05) is 42.5 Å². The van der Waals surface area contributed by atoms with Gasteiger partial charge >= 0.3 is 11.8 Å². The number of benzene rings is 3. The minimum Gasteiger partial charge on any atom is -0.378 e. The molecule has 0 fully saturated rings. The van der Waals surface area contributed by atoms with Gasteiger partial charge in [0.05, 0.1) is 6.04 Å². The van der Waals surface area contributed by atoms with Crippen molar-refractivity contribution in [1.29, 1.82) is 0 Å².